The molecule has 6 heteroatoms. The van der Waals surface area contributed by atoms with Crippen LogP contribution in [0.4, 0.5) is 0 Å². The number of nitrogens with zero attached hydrogens (tertiary/aromatic N) is 2. The molecule has 12 heavy (non-hydrogen) atoms. The first kappa shape index (κ1) is 8.38. The van der Waals surface area contributed by atoms with Crippen LogP contribution < -0.4 is 0 Å². The number of hydrogen-bond donors (Lipinski definition) is 0. The summed E-state index contributed by atoms with van der Waals surface area (Å²) >= 11 is 0. The summed E-state index contributed by atoms with van der Waals surface area (Å²) in [5.41, 5.74) is -0.149. The molecule has 0 heterocycles. The molecule has 0 saturated heterocycles. The van der Waals surface area contributed by atoms with E-state index in [1.807, 2.05) is 0 Å². The lowest BCUT2D eigenvalue weighted by Crippen LogP contribution is -2.13. The molecule has 63 valence electrons. The summed E-state index contributed by atoms with van der Waals surface area (Å²) < 4.78 is 0. The first-order valence-electron chi connectivity index (χ1n) is 3.13. The van der Waals surface area contributed by atoms with E-state index < -0.39 is 9.85 Å². The zero-order valence-electron chi connectivity index (χ0n) is 5.97. The van der Waals surface area contributed by atoms with Crippen LogP contribution in [0.2, 0.25) is 0 Å². The highest BCUT2D eigenvalue weighted by Crippen LogP contribution is 2.20. The molecule has 1 radical (unpaired) electrons. The van der Waals surface area contributed by atoms with Crippen LogP contribution in [-0.4, -0.2) is 9.85 Å². The van der Waals surface area contributed by atoms with Crippen molar-refractivity contribution in [1.29, 1.82) is 0 Å². The lowest BCUT2D eigenvalue weighted by Gasteiger charge is -2.03. The fourth-order valence-electron chi connectivity index (χ4n) is 0.824. The van der Waals surface area contributed by atoms with Gasteiger partial charge in [-0.15, -0.1) is 0 Å². The molecule has 0 amide bonds. The number of hydrogen-bond acceptors (Lipinski definition) is 4. The van der Waals surface area contributed by atoms with Crippen LogP contribution in [0.1, 0.15) is 6.42 Å². The van der Waals surface area contributed by atoms with E-state index in [0.717, 1.165) is 0 Å². The molecule has 1 aliphatic rings. The largest absolute Gasteiger partial charge is 0.323 e. The highest BCUT2D eigenvalue weighted by Gasteiger charge is 2.29. The van der Waals surface area contributed by atoms with Gasteiger partial charge in [-0.3, -0.25) is 20.2 Å². The van der Waals surface area contributed by atoms with Gasteiger partial charge in [0.05, 0.1) is 4.92 Å². The Morgan fingerprint density at radius 3 is 2.42 bits per heavy atom. The topological polar surface area (TPSA) is 86.3 Å². The average Bonchev–Trinajstić information content (AvgIpc) is 2.04. The Bertz CT molecular complexity index is 281. The Hall–Kier alpha value is -1.72. The molecule has 0 aromatic heterocycles. The third kappa shape index (κ3) is 1.66. The van der Waals surface area contributed by atoms with Crippen molar-refractivity contribution in [3.05, 3.63) is 50.2 Å². The minimum Gasteiger partial charge on any atom is -0.263 e. The number of rotatable bonds is 2. The molecule has 0 atom stereocenters. The molecule has 0 fully saturated rings. The van der Waals surface area contributed by atoms with Crippen molar-refractivity contribution in [1.82, 2.24) is 0 Å². The van der Waals surface area contributed by atoms with Gasteiger partial charge in [0.2, 0.25) is 0 Å². The maximum atomic E-state index is 10.2. The van der Waals surface area contributed by atoms with Gasteiger partial charge in [0.1, 0.15) is 6.42 Å². The van der Waals surface area contributed by atoms with Crippen molar-refractivity contribution in [2.45, 2.75) is 6.42 Å². The Kier molecular flexibility index (Phi) is 2.18. The van der Waals surface area contributed by atoms with Crippen LogP contribution >= 0.6 is 0 Å². The minimum atomic E-state index is -0.618. The van der Waals surface area contributed by atoms with Crippen molar-refractivity contribution in [3.63, 3.8) is 0 Å². The lowest BCUT2D eigenvalue weighted by atomic mass is 10.1. The maximum Gasteiger partial charge on any atom is 0.323 e. The first-order chi connectivity index (χ1) is 5.61. The van der Waals surface area contributed by atoms with Gasteiger partial charge < -0.3 is 0 Å². The molecule has 0 unspecified atom stereocenters. The minimum absolute atomic E-state index is 0.149. The van der Waals surface area contributed by atoms with Gasteiger partial charge in [-0.2, -0.15) is 0 Å². The Morgan fingerprint density at radius 2 is 1.92 bits per heavy atom. The van der Waals surface area contributed by atoms with E-state index in [1.54, 1.807) is 0 Å². The predicted molar refractivity (Wildman–Crippen MR) is 39.1 cm³/mol. The van der Waals surface area contributed by atoms with Crippen LogP contribution in [0, 0.1) is 26.3 Å². The molecule has 0 bridgehead atoms. The van der Waals surface area contributed by atoms with Gasteiger partial charge in [-0.1, -0.05) is 6.08 Å². The second kappa shape index (κ2) is 3.12. The maximum absolute atomic E-state index is 10.2. The quantitative estimate of drug-likeness (QED) is 0.454. The van der Waals surface area contributed by atoms with Crippen LogP contribution in [0.15, 0.2) is 23.9 Å². The van der Waals surface area contributed by atoms with Crippen molar-refractivity contribution in [2.75, 3.05) is 0 Å². The summed E-state index contributed by atoms with van der Waals surface area (Å²) in [4.78, 5) is 19.1. The SMILES string of the molecule is O=[N+]([O-])[C]1C=CC=C([N+](=O)[O-])C1. The van der Waals surface area contributed by atoms with Gasteiger partial charge >= 0.3 is 6.04 Å². The van der Waals surface area contributed by atoms with Crippen LogP contribution in [0.5, 0.6) is 0 Å². The predicted octanol–water partition coefficient (Wildman–Crippen LogP) is 0.916. The molecule has 0 spiro atoms. The van der Waals surface area contributed by atoms with Crippen molar-refractivity contribution in [2.24, 2.45) is 0 Å². The Morgan fingerprint density at radius 1 is 1.25 bits per heavy atom. The van der Waals surface area contributed by atoms with Crippen LogP contribution in [0.3, 0.4) is 0 Å². The summed E-state index contributed by atoms with van der Waals surface area (Å²) in [6.45, 7) is 0. The first-order valence-corrected chi connectivity index (χ1v) is 3.13. The molecule has 6 nitrogen and oxygen atoms in total. The number of allylic oxidation sites excluding steroid dienone is 2. The van der Waals surface area contributed by atoms with Crippen LogP contribution in [0.25, 0.3) is 0 Å². The smallest absolute Gasteiger partial charge is 0.263 e. The second-order valence-electron chi connectivity index (χ2n) is 2.20. The molecule has 0 saturated carbocycles. The third-order valence-corrected chi connectivity index (χ3v) is 1.41. The molecule has 0 aliphatic heterocycles. The molecular weight excluding hydrogens is 164 g/mol. The van der Waals surface area contributed by atoms with E-state index in [4.69, 9.17) is 0 Å². The summed E-state index contributed by atoms with van der Waals surface area (Å²) in [5, 5.41) is 20.4. The van der Waals surface area contributed by atoms with Gasteiger partial charge in [0, 0.05) is 17.1 Å². The van der Waals surface area contributed by atoms with E-state index in [2.05, 4.69) is 0 Å². The molecule has 0 N–H and O–H groups in total. The zero-order chi connectivity index (χ0) is 9.14. The Balaban J connectivity index is 2.74. The normalized spacial score (nSPS) is 17.2. The van der Waals surface area contributed by atoms with Crippen LogP contribution in [-0.2, 0) is 0 Å². The van der Waals surface area contributed by atoms with E-state index in [9.17, 15) is 20.2 Å². The molecular formula is C6H5N2O4. The van der Waals surface area contributed by atoms with E-state index >= 15 is 0 Å². The summed E-state index contributed by atoms with van der Waals surface area (Å²) in [7, 11) is 0. The standard InChI is InChI=1S/C6H5N2O4/c9-7(10)5-2-1-3-6(4-5)8(11)12/h1-3H,4H2. The van der Waals surface area contributed by atoms with E-state index in [0.29, 0.717) is 0 Å². The highest BCUT2D eigenvalue weighted by atomic mass is 16.6. The average molecular weight is 169 g/mol. The molecule has 1 rings (SSSR count). The van der Waals surface area contributed by atoms with Crippen molar-refractivity contribution < 1.29 is 9.85 Å². The van der Waals surface area contributed by atoms with E-state index in [1.165, 1.54) is 18.2 Å². The van der Waals surface area contributed by atoms with Crippen molar-refractivity contribution in [3.8, 4) is 0 Å². The zero-order valence-corrected chi connectivity index (χ0v) is 5.97. The second-order valence-corrected chi connectivity index (χ2v) is 2.20. The van der Waals surface area contributed by atoms with Gasteiger partial charge in [0.25, 0.3) is 5.70 Å². The fourth-order valence-corrected chi connectivity index (χ4v) is 0.824. The van der Waals surface area contributed by atoms with Gasteiger partial charge in [-0.25, -0.2) is 0 Å². The molecule has 0 aromatic rings. The summed E-state index contributed by atoms with van der Waals surface area (Å²) in [6, 6.07) is -0.149. The summed E-state index contributed by atoms with van der Waals surface area (Å²) in [5.74, 6) is 0. The molecule has 0 aromatic carbocycles. The number of nitro groups is 2. The monoisotopic (exact) mass is 169 g/mol. The van der Waals surface area contributed by atoms with Gasteiger partial charge in [-0.05, 0) is 0 Å². The Labute approximate surface area is 67.5 Å². The lowest BCUT2D eigenvalue weighted by molar-refractivity contribution is -0.472. The fraction of sp³-hybridized carbons (Fsp3) is 0.167. The van der Waals surface area contributed by atoms with E-state index in [-0.39, 0.29) is 18.2 Å². The third-order valence-electron chi connectivity index (χ3n) is 1.41. The molecule has 1 aliphatic carbocycles. The van der Waals surface area contributed by atoms with Gasteiger partial charge in [0.15, 0.2) is 0 Å². The highest BCUT2D eigenvalue weighted by molar-refractivity contribution is 5.22. The summed E-state index contributed by atoms with van der Waals surface area (Å²) in [6.07, 6.45) is 3.61. The van der Waals surface area contributed by atoms with Crippen molar-refractivity contribution >= 4 is 0 Å².